The molecule has 1 rings (SSSR count). The molecule has 160 valence electrons. The number of esters is 1. The van der Waals surface area contributed by atoms with Crippen LogP contribution in [0.4, 0.5) is 0 Å². The summed E-state index contributed by atoms with van der Waals surface area (Å²) in [5.41, 5.74) is 1.85. The van der Waals surface area contributed by atoms with Crippen LogP contribution >= 0.6 is 0 Å². The molecule has 0 aromatic rings. The van der Waals surface area contributed by atoms with Crippen LogP contribution in [0.15, 0.2) is 36.5 Å². The Morgan fingerprint density at radius 1 is 1.36 bits per heavy atom. The normalized spacial score (nSPS) is 30.7. The summed E-state index contributed by atoms with van der Waals surface area (Å²) in [6.45, 7) is 16.9. The third-order valence-corrected chi connectivity index (χ3v) is 5.63. The van der Waals surface area contributed by atoms with Gasteiger partial charge in [-0.25, -0.2) is 4.79 Å². The fourth-order valence-electron chi connectivity index (χ4n) is 3.80. The molecule has 0 aliphatic carbocycles. The van der Waals surface area contributed by atoms with E-state index < -0.39 is 0 Å². The van der Waals surface area contributed by atoms with Crippen LogP contribution in [0.3, 0.4) is 0 Å². The van der Waals surface area contributed by atoms with Crippen molar-refractivity contribution < 1.29 is 19.0 Å². The van der Waals surface area contributed by atoms with Gasteiger partial charge in [-0.1, -0.05) is 51.7 Å². The van der Waals surface area contributed by atoms with Gasteiger partial charge in [0.2, 0.25) is 0 Å². The highest BCUT2D eigenvalue weighted by molar-refractivity contribution is 5.88. The van der Waals surface area contributed by atoms with Gasteiger partial charge in [0.1, 0.15) is 12.9 Å². The van der Waals surface area contributed by atoms with E-state index in [1.165, 1.54) is 5.57 Å². The first-order valence-electron chi connectivity index (χ1n) is 10.6. The molecule has 0 saturated heterocycles. The molecule has 4 heteroatoms. The maximum absolute atomic E-state index is 12.7. The second kappa shape index (κ2) is 12.9. The van der Waals surface area contributed by atoms with Crippen LogP contribution < -0.4 is 0 Å². The quantitative estimate of drug-likeness (QED) is 0.255. The molecule has 0 aromatic heterocycles. The van der Waals surface area contributed by atoms with Crippen molar-refractivity contribution in [1.82, 2.24) is 0 Å². The number of cyclic esters (lactones) is 1. The van der Waals surface area contributed by atoms with Gasteiger partial charge in [-0.2, -0.15) is 0 Å². The van der Waals surface area contributed by atoms with E-state index in [1.807, 2.05) is 0 Å². The molecule has 0 amide bonds. The summed E-state index contributed by atoms with van der Waals surface area (Å²) in [7, 11) is 1.60. The number of carbonyl (C=O) groups is 1. The standard InChI is InChI=1S/C24H40O4/c1-8-23-22(17(2)3)13-12-18(4)10-9-11-19(5)14-21(27-16-26-7)15-20(6)24(25)28-23/h8,10,17,19,21-23H,1,6,9,11-16H2,2-5,7H3/b18-10+/t19-,21?,22-,23+/m0/s1. The smallest absolute Gasteiger partial charge is 0.334 e. The first kappa shape index (κ1) is 24.6. The van der Waals surface area contributed by atoms with Gasteiger partial charge >= 0.3 is 5.97 Å². The van der Waals surface area contributed by atoms with Crippen LogP contribution in [0.5, 0.6) is 0 Å². The number of carbonyl (C=O) groups excluding carboxylic acids is 1. The lowest BCUT2D eigenvalue weighted by atomic mass is 9.85. The van der Waals surface area contributed by atoms with Crippen LogP contribution in [0.25, 0.3) is 0 Å². The lowest BCUT2D eigenvalue weighted by Gasteiger charge is -2.28. The molecule has 4 atom stereocenters. The summed E-state index contributed by atoms with van der Waals surface area (Å²) in [6.07, 6.45) is 9.18. The summed E-state index contributed by atoms with van der Waals surface area (Å²) >= 11 is 0. The zero-order chi connectivity index (χ0) is 21.1. The number of ether oxygens (including phenoxy) is 3. The third-order valence-electron chi connectivity index (χ3n) is 5.63. The van der Waals surface area contributed by atoms with Gasteiger partial charge in [0.25, 0.3) is 0 Å². The Morgan fingerprint density at radius 3 is 2.68 bits per heavy atom. The molecule has 0 spiro atoms. The van der Waals surface area contributed by atoms with Crippen molar-refractivity contribution in [1.29, 1.82) is 0 Å². The third kappa shape index (κ3) is 8.74. The van der Waals surface area contributed by atoms with Gasteiger partial charge < -0.3 is 14.2 Å². The summed E-state index contributed by atoms with van der Waals surface area (Å²) in [5, 5.41) is 0. The van der Waals surface area contributed by atoms with E-state index in [1.54, 1.807) is 13.2 Å². The molecule has 0 aromatic carbocycles. The van der Waals surface area contributed by atoms with E-state index in [-0.39, 0.29) is 30.9 Å². The van der Waals surface area contributed by atoms with Gasteiger partial charge in [-0.15, -0.1) is 0 Å². The molecule has 28 heavy (non-hydrogen) atoms. The topological polar surface area (TPSA) is 44.8 Å². The Balaban J connectivity index is 3.02. The van der Waals surface area contributed by atoms with Crippen LogP contribution in [-0.4, -0.2) is 32.1 Å². The second-order valence-corrected chi connectivity index (χ2v) is 8.52. The van der Waals surface area contributed by atoms with Gasteiger partial charge in [0.15, 0.2) is 0 Å². The fourth-order valence-corrected chi connectivity index (χ4v) is 3.80. The molecule has 4 nitrogen and oxygen atoms in total. The highest BCUT2D eigenvalue weighted by Gasteiger charge is 2.27. The number of allylic oxidation sites excluding steroid dienone is 2. The summed E-state index contributed by atoms with van der Waals surface area (Å²) in [5.74, 6) is 0.771. The van der Waals surface area contributed by atoms with E-state index in [9.17, 15) is 4.79 Å². The van der Waals surface area contributed by atoms with Crippen molar-refractivity contribution in [2.45, 2.75) is 78.4 Å². The minimum absolute atomic E-state index is 0.103. The molecular formula is C24H40O4. The molecule has 0 fully saturated rings. The Morgan fingerprint density at radius 2 is 2.07 bits per heavy atom. The number of hydrogen-bond donors (Lipinski definition) is 0. The number of rotatable bonds is 5. The van der Waals surface area contributed by atoms with E-state index in [4.69, 9.17) is 14.2 Å². The van der Waals surface area contributed by atoms with Crippen molar-refractivity contribution in [3.63, 3.8) is 0 Å². The Labute approximate surface area is 172 Å². The first-order valence-corrected chi connectivity index (χ1v) is 10.6. The maximum atomic E-state index is 12.7. The van der Waals surface area contributed by atoms with Crippen molar-refractivity contribution in [3.8, 4) is 0 Å². The Hall–Kier alpha value is -1.39. The van der Waals surface area contributed by atoms with E-state index in [2.05, 4.69) is 46.9 Å². The van der Waals surface area contributed by atoms with Gasteiger partial charge in [0.05, 0.1) is 6.10 Å². The zero-order valence-electron chi connectivity index (χ0n) is 18.5. The summed E-state index contributed by atoms with van der Waals surface area (Å²) < 4.78 is 16.7. The first-order chi connectivity index (χ1) is 13.3. The van der Waals surface area contributed by atoms with Crippen molar-refractivity contribution in [2.75, 3.05) is 13.9 Å². The van der Waals surface area contributed by atoms with Crippen LogP contribution in [-0.2, 0) is 19.0 Å². The largest absolute Gasteiger partial charge is 0.454 e. The molecule has 1 aliphatic heterocycles. The van der Waals surface area contributed by atoms with Gasteiger partial charge in [0, 0.05) is 25.0 Å². The van der Waals surface area contributed by atoms with Crippen LogP contribution in [0.2, 0.25) is 0 Å². The summed E-state index contributed by atoms with van der Waals surface area (Å²) in [6, 6.07) is 0. The van der Waals surface area contributed by atoms with Crippen molar-refractivity contribution in [3.05, 3.63) is 36.5 Å². The average Bonchev–Trinajstić information content (AvgIpc) is 2.64. The minimum Gasteiger partial charge on any atom is -0.454 e. The fraction of sp³-hybridized carbons (Fsp3) is 0.708. The van der Waals surface area contributed by atoms with Crippen LogP contribution in [0, 0.1) is 17.8 Å². The lowest BCUT2D eigenvalue weighted by molar-refractivity contribution is -0.146. The van der Waals surface area contributed by atoms with Crippen molar-refractivity contribution >= 4 is 5.97 Å². The Bertz CT molecular complexity index is 535. The zero-order valence-corrected chi connectivity index (χ0v) is 18.5. The van der Waals surface area contributed by atoms with Crippen LogP contribution in [0.1, 0.15) is 66.2 Å². The lowest BCUT2D eigenvalue weighted by Crippen LogP contribution is -2.30. The molecule has 1 unspecified atom stereocenters. The van der Waals surface area contributed by atoms with Gasteiger partial charge in [-0.3, -0.25) is 0 Å². The van der Waals surface area contributed by atoms with E-state index in [0.717, 1.165) is 32.1 Å². The van der Waals surface area contributed by atoms with E-state index in [0.29, 0.717) is 23.8 Å². The predicted molar refractivity (Wildman–Crippen MR) is 115 cm³/mol. The predicted octanol–water partition coefficient (Wildman–Crippen LogP) is 5.84. The summed E-state index contributed by atoms with van der Waals surface area (Å²) in [4.78, 5) is 12.7. The Kier molecular flexibility index (Phi) is 11.4. The molecule has 1 aliphatic rings. The number of hydrogen-bond acceptors (Lipinski definition) is 4. The molecular weight excluding hydrogens is 352 g/mol. The highest BCUT2D eigenvalue weighted by Crippen LogP contribution is 2.28. The minimum atomic E-state index is -0.351. The molecule has 0 saturated carbocycles. The molecule has 0 N–H and O–H groups in total. The monoisotopic (exact) mass is 392 g/mol. The second-order valence-electron chi connectivity index (χ2n) is 8.52. The van der Waals surface area contributed by atoms with E-state index >= 15 is 0 Å². The maximum Gasteiger partial charge on any atom is 0.334 e. The SMILES string of the molecule is C=C[C@H]1OC(=O)C(=C)CC(OCOC)C[C@@H](C)CC/C=C(\C)CC[C@H]1C(C)C. The van der Waals surface area contributed by atoms with Crippen molar-refractivity contribution in [2.24, 2.45) is 17.8 Å². The average molecular weight is 393 g/mol. The number of methoxy groups -OCH3 is 1. The highest BCUT2D eigenvalue weighted by atomic mass is 16.7. The van der Waals surface area contributed by atoms with Gasteiger partial charge in [-0.05, 0) is 50.9 Å². The molecule has 0 radical (unpaired) electrons. The molecule has 0 bridgehead atoms. The molecule has 1 heterocycles.